The maximum absolute atomic E-state index is 11.4. The van der Waals surface area contributed by atoms with Crippen molar-refractivity contribution in [2.45, 2.75) is 38.2 Å². The van der Waals surface area contributed by atoms with E-state index >= 15 is 0 Å². The summed E-state index contributed by atoms with van der Waals surface area (Å²) in [6.07, 6.45) is 2.36. The minimum atomic E-state index is -0.873. The molecule has 1 N–H and O–H groups in total. The standard InChI is InChI=1S/C10H12O4/c11-8-2-1-3-9-7(8)4-6(14-9)5-10(12)13/h6H,1-5H2,(H,12,13)/t6-/m0/s1. The fourth-order valence-corrected chi connectivity index (χ4v) is 2.00. The van der Waals surface area contributed by atoms with Gasteiger partial charge < -0.3 is 9.84 Å². The van der Waals surface area contributed by atoms with Gasteiger partial charge in [0.05, 0.1) is 6.42 Å². The van der Waals surface area contributed by atoms with Crippen LogP contribution in [-0.2, 0) is 14.3 Å². The van der Waals surface area contributed by atoms with Gasteiger partial charge in [0.15, 0.2) is 5.78 Å². The molecular formula is C10H12O4. The third kappa shape index (κ3) is 1.64. The van der Waals surface area contributed by atoms with Crippen LogP contribution in [0.2, 0.25) is 0 Å². The Morgan fingerprint density at radius 1 is 1.50 bits per heavy atom. The van der Waals surface area contributed by atoms with E-state index in [1.54, 1.807) is 0 Å². The lowest BCUT2D eigenvalue weighted by atomic mass is 9.94. The van der Waals surface area contributed by atoms with Crippen LogP contribution in [-0.4, -0.2) is 23.0 Å². The second kappa shape index (κ2) is 3.44. The Kier molecular flexibility index (Phi) is 2.27. The van der Waals surface area contributed by atoms with Crippen molar-refractivity contribution in [2.24, 2.45) is 0 Å². The summed E-state index contributed by atoms with van der Waals surface area (Å²) >= 11 is 0. The SMILES string of the molecule is O=C(O)C[C@@H]1CC2=C(CCCC2=O)O1. The molecule has 0 radical (unpaired) electrons. The fourth-order valence-electron chi connectivity index (χ4n) is 2.00. The van der Waals surface area contributed by atoms with E-state index in [1.807, 2.05) is 0 Å². The smallest absolute Gasteiger partial charge is 0.307 e. The zero-order valence-electron chi connectivity index (χ0n) is 7.78. The molecular weight excluding hydrogens is 184 g/mol. The molecule has 1 atom stereocenters. The van der Waals surface area contributed by atoms with E-state index in [2.05, 4.69) is 0 Å². The molecule has 2 aliphatic rings. The molecule has 0 spiro atoms. The monoisotopic (exact) mass is 196 g/mol. The third-order valence-electron chi connectivity index (χ3n) is 2.62. The Hall–Kier alpha value is -1.32. The second-order valence-electron chi connectivity index (χ2n) is 3.72. The van der Waals surface area contributed by atoms with Gasteiger partial charge in [0, 0.05) is 24.8 Å². The highest BCUT2D eigenvalue weighted by molar-refractivity contribution is 5.97. The third-order valence-corrected chi connectivity index (χ3v) is 2.62. The Balaban J connectivity index is 2.04. The van der Waals surface area contributed by atoms with Gasteiger partial charge in [-0.2, -0.15) is 0 Å². The van der Waals surface area contributed by atoms with Crippen LogP contribution in [0, 0.1) is 0 Å². The van der Waals surface area contributed by atoms with Crippen LogP contribution >= 0.6 is 0 Å². The lowest BCUT2D eigenvalue weighted by molar-refractivity contribution is -0.139. The summed E-state index contributed by atoms with van der Waals surface area (Å²) in [5.41, 5.74) is 0.738. The van der Waals surface area contributed by atoms with Crippen molar-refractivity contribution in [1.29, 1.82) is 0 Å². The van der Waals surface area contributed by atoms with Crippen LogP contribution in [0.25, 0.3) is 0 Å². The Labute approximate surface area is 81.6 Å². The molecule has 1 heterocycles. The molecule has 0 aromatic rings. The summed E-state index contributed by atoms with van der Waals surface area (Å²) in [5, 5.41) is 8.59. The summed E-state index contributed by atoms with van der Waals surface area (Å²) in [4.78, 5) is 21.9. The Bertz CT molecular complexity index is 316. The van der Waals surface area contributed by atoms with Gasteiger partial charge in [-0.15, -0.1) is 0 Å². The van der Waals surface area contributed by atoms with E-state index in [1.165, 1.54) is 0 Å². The molecule has 1 aliphatic heterocycles. The molecule has 14 heavy (non-hydrogen) atoms. The summed E-state index contributed by atoms with van der Waals surface area (Å²) in [7, 11) is 0. The highest BCUT2D eigenvalue weighted by Crippen LogP contribution is 2.34. The first-order valence-electron chi connectivity index (χ1n) is 4.80. The quantitative estimate of drug-likeness (QED) is 0.722. The lowest BCUT2D eigenvalue weighted by Gasteiger charge is -2.12. The van der Waals surface area contributed by atoms with Gasteiger partial charge in [-0.1, -0.05) is 0 Å². The molecule has 0 fully saturated rings. The zero-order chi connectivity index (χ0) is 10.1. The van der Waals surface area contributed by atoms with E-state index in [0.717, 1.165) is 24.2 Å². The van der Waals surface area contributed by atoms with Crippen LogP contribution < -0.4 is 0 Å². The van der Waals surface area contributed by atoms with Crippen LogP contribution in [0.15, 0.2) is 11.3 Å². The molecule has 0 aromatic heterocycles. The van der Waals surface area contributed by atoms with Crippen molar-refractivity contribution in [2.75, 3.05) is 0 Å². The van der Waals surface area contributed by atoms with Gasteiger partial charge in [-0.25, -0.2) is 0 Å². The number of aliphatic carboxylic acids is 1. The van der Waals surface area contributed by atoms with Crippen LogP contribution in [0.4, 0.5) is 0 Å². The second-order valence-corrected chi connectivity index (χ2v) is 3.72. The highest BCUT2D eigenvalue weighted by Gasteiger charge is 2.33. The van der Waals surface area contributed by atoms with E-state index in [0.29, 0.717) is 12.8 Å². The number of carboxylic acid groups (broad SMARTS) is 1. The minimum Gasteiger partial charge on any atom is -0.493 e. The lowest BCUT2D eigenvalue weighted by Crippen LogP contribution is -2.12. The van der Waals surface area contributed by atoms with Crippen molar-refractivity contribution in [3.63, 3.8) is 0 Å². The molecule has 0 bridgehead atoms. The van der Waals surface area contributed by atoms with Gasteiger partial charge in [-0.05, 0) is 6.42 Å². The van der Waals surface area contributed by atoms with Gasteiger partial charge >= 0.3 is 5.97 Å². The maximum Gasteiger partial charge on any atom is 0.307 e. The number of rotatable bonds is 2. The number of ketones is 1. The molecule has 0 saturated carbocycles. The van der Waals surface area contributed by atoms with Gasteiger partial charge in [0.25, 0.3) is 0 Å². The number of hydrogen-bond donors (Lipinski definition) is 1. The number of allylic oxidation sites excluding steroid dienone is 1. The van der Waals surface area contributed by atoms with Gasteiger partial charge in [0.1, 0.15) is 11.9 Å². The van der Waals surface area contributed by atoms with Crippen LogP contribution in [0.5, 0.6) is 0 Å². The number of ether oxygens (including phenoxy) is 1. The van der Waals surface area contributed by atoms with E-state index in [-0.39, 0.29) is 18.3 Å². The van der Waals surface area contributed by atoms with Gasteiger partial charge in [-0.3, -0.25) is 9.59 Å². The van der Waals surface area contributed by atoms with Crippen molar-refractivity contribution < 1.29 is 19.4 Å². The summed E-state index contributed by atoms with van der Waals surface area (Å²) in [6.45, 7) is 0. The number of hydrogen-bond acceptors (Lipinski definition) is 3. The number of carbonyl (C=O) groups is 2. The molecule has 0 aromatic carbocycles. The molecule has 0 unspecified atom stereocenters. The average molecular weight is 196 g/mol. The molecule has 4 heteroatoms. The molecule has 0 saturated heterocycles. The predicted molar refractivity (Wildman–Crippen MR) is 47.6 cm³/mol. The zero-order valence-corrected chi connectivity index (χ0v) is 7.78. The molecule has 0 amide bonds. The molecule has 4 nitrogen and oxygen atoms in total. The number of carboxylic acids is 1. The summed E-state index contributed by atoms with van der Waals surface area (Å²) in [5.74, 6) is 0.00827. The van der Waals surface area contributed by atoms with Crippen LogP contribution in [0.3, 0.4) is 0 Å². The first-order valence-corrected chi connectivity index (χ1v) is 4.80. The van der Waals surface area contributed by atoms with Crippen molar-refractivity contribution in [3.05, 3.63) is 11.3 Å². The summed E-state index contributed by atoms with van der Waals surface area (Å²) < 4.78 is 5.42. The largest absolute Gasteiger partial charge is 0.493 e. The average Bonchev–Trinajstić information content (AvgIpc) is 2.47. The predicted octanol–water partition coefficient (Wildman–Crippen LogP) is 1.26. The van der Waals surface area contributed by atoms with Crippen molar-refractivity contribution in [3.8, 4) is 0 Å². The molecule has 76 valence electrons. The Morgan fingerprint density at radius 3 is 2.93 bits per heavy atom. The highest BCUT2D eigenvalue weighted by atomic mass is 16.5. The van der Waals surface area contributed by atoms with Crippen molar-refractivity contribution >= 4 is 11.8 Å². The molecule has 2 rings (SSSR count). The Morgan fingerprint density at radius 2 is 2.29 bits per heavy atom. The van der Waals surface area contributed by atoms with Crippen molar-refractivity contribution in [1.82, 2.24) is 0 Å². The first-order chi connectivity index (χ1) is 6.66. The summed E-state index contributed by atoms with van der Waals surface area (Å²) in [6, 6.07) is 0. The first kappa shape index (κ1) is 9.24. The topological polar surface area (TPSA) is 63.6 Å². The fraction of sp³-hybridized carbons (Fsp3) is 0.600. The minimum absolute atomic E-state index is 0.0136. The number of Topliss-reactive ketones (excluding diaryl/α,β-unsaturated/α-hetero) is 1. The van der Waals surface area contributed by atoms with Gasteiger partial charge in [0.2, 0.25) is 0 Å². The van der Waals surface area contributed by atoms with E-state index in [9.17, 15) is 9.59 Å². The molecule has 1 aliphatic carbocycles. The number of carbonyl (C=O) groups excluding carboxylic acids is 1. The van der Waals surface area contributed by atoms with E-state index < -0.39 is 5.97 Å². The maximum atomic E-state index is 11.4. The van der Waals surface area contributed by atoms with Crippen LogP contribution in [0.1, 0.15) is 32.1 Å². The normalized spacial score (nSPS) is 26.0. The van der Waals surface area contributed by atoms with E-state index in [4.69, 9.17) is 9.84 Å².